The summed E-state index contributed by atoms with van der Waals surface area (Å²) in [4.78, 5) is 18.2. The van der Waals surface area contributed by atoms with Crippen molar-refractivity contribution in [1.29, 1.82) is 0 Å². The maximum Gasteiger partial charge on any atom is 0.255 e. The van der Waals surface area contributed by atoms with Crippen molar-refractivity contribution in [3.63, 3.8) is 0 Å². The highest BCUT2D eigenvalue weighted by atomic mass is 19.1. The van der Waals surface area contributed by atoms with Crippen LogP contribution in [0.1, 0.15) is 48.9 Å². The number of aromatic nitrogens is 2. The van der Waals surface area contributed by atoms with E-state index in [2.05, 4.69) is 32.3 Å². The van der Waals surface area contributed by atoms with E-state index in [1.165, 1.54) is 31.4 Å². The fourth-order valence-corrected chi connectivity index (χ4v) is 5.51. The Labute approximate surface area is 216 Å². The molecule has 0 aliphatic carbocycles. The Morgan fingerprint density at radius 2 is 1.57 bits per heavy atom. The van der Waals surface area contributed by atoms with E-state index in [0.29, 0.717) is 18.8 Å². The molecule has 3 saturated heterocycles. The summed E-state index contributed by atoms with van der Waals surface area (Å²) < 4.78 is 31.3. The number of pyridine rings is 1. The van der Waals surface area contributed by atoms with Crippen LogP contribution in [0.15, 0.2) is 48.8 Å². The SMILES string of the molecule is Fc1ccc(F)cc1.O=C(NC1(CN2CCCC2)CCOCC1)c1cnn2ccc(N3CCCC3)cc12. The van der Waals surface area contributed by atoms with Crippen LogP contribution in [0.5, 0.6) is 0 Å². The summed E-state index contributed by atoms with van der Waals surface area (Å²) in [7, 11) is 0. The molecular formula is C28H35F2N5O2. The molecule has 2 aromatic heterocycles. The third-order valence-corrected chi connectivity index (χ3v) is 7.58. The molecule has 0 spiro atoms. The highest BCUT2D eigenvalue weighted by molar-refractivity contribution is 6.01. The van der Waals surface area contributed by atoms with Crippen LogP contribution in [-0.2, 0) is 4.74 Å². The molecule has 5 heterocycles. The first-order valence-corrected chi connectivity index (χ1v) is 13.3. The average Bonchev–Trinajstić information content (AvgIpc) is 3.68. The molecule has 3 aliphatic heterocycles. The quantitative estimate of drug-likeness (QED) is 0.554. The predicted molar refractivity (Wildman–Crippen MR) is 139 cm³/mol. The summed E-state index contributed by atoms with van der Waals surface area (Å²) in [5, 5.41) is 7.84. The zero-order chi connectivity index (χ0) is 25.7. The van der Waals surface area contributed by atoms with Gasteiger partial charge in [0.05, 0.1) is 22.8 Å². The van der Waals surface area contributed by atoms with Gasteiger partial charge in [-0.1, -0.05) is 0 Å². The second kappa shape index (κ2) is 11.6. The molecule has 7 nitrogen and oxygen atoms in total. The second-order valence-corrected chi connectivity index (χ2v) is 10.2. The van der Waals surface area contributed by atoms with Crippen molar-refractivity contribution in [2.45, 2.75) is 44.1 Å². The summed E-state index contributed by atoms with van der Waals surface area (Å²) >= 11 is 0. The van der Waals surface area contributed by atoms with Crippen LogP contribution in [0.25, 0.3) is 5.52 Å². The Hall–Kier alpha value is -3.04. The molecule has 6 rings (SSSR count). The number of likely N-dealkylation sites (tertiary alicyclic amines) is 1. The van der Waals surface area contributed by atoms with Gasteiger partial charge < -0.3 is 19.9 Å². The van der Waals surface area contributed by atoms with Gasteiger partial charge in [-0.15, -0.1) is 0 Å². The lowest BCUT2D eigenvalue weighted by atomic mass is 9.89. The average molecular weight is 512 g/mol. The van der Waals surface area contributed by atoms with E-state index in [1.54, 1.807) is 6.20 Å². The van der Waals surface area contributed by atoms with Crippen LogP contribution >= 0.6 is 0 Å². The molecule has 9 heteroatoms. The zero-order valence-electron chi connectivity index (χ0n) is 21.2. The van der Waals surface area contributed by atoms with E-state index in [1.807, 2.05) is 10.7 Å². The lowest BCUT2D eigenvalue weighted by Crippen LogP contribution is -2.58. The van der Waals surface area contributed by atoms with E-state index in [0.717, 1.165) is 75.3 Å². The first-order valence-electron chi connectivity index (χ1n) is 13.3. The number of rotatable bonds is 5. The molecular weight excluding hydrogens is 476 g/mol. The molecule has 3 aromatic rings. The number of hydrogen-bond donors (Lipinski definition) is 1. The van der Waals surface area contributed by atoms with Gasteiger partial charge in [-0.05, 0) is 88.0 Å². The van der Waals surface area contributed by atoms with Crippen LogP contribution in [0, 0.1) is 11.6 Å². The number of nitrogens with one attached hydrogen (secondary N) is 1. The minimum atomic E-state index is -0.411. The number of ether oxygens (including phenoxy) is 1. The molecule has 1 amide bonds. The molecule has 1 aromatic carbocycles. The van der Waals surface area contributed by atoms with Crippen molar-refractivity contribution in [3.8, 4) is 0 Å². The molecule has 3 fully saturated rings. The number of fused-ring (bicyclic) bond motifs is 1. The normalized spacial score (nSPS) is 19.6. The minimum absolute atomic E-state index is 0.0142. The van der Waals surface area contributed by atoms with Crippen LogP contribution in [0.3, 0.4) is 0 Å². The van der Waals surface area contributed by atoms with Crippen molar-refractivity contribution in [1.82, 2.24) is 19.8 Å². The number of hydrogen-bond acceptors (Lipinski definition) is 5. The topological polar surface area (TPSA) is 62.1 Å². The third kappa shape index (κ3) is 6.27. The van der Waals surface area contributed by atoms with Gasteiger partial charge in [0.25, 0.3) is 5.91 Å². The second-order valence-electron chi connectivity index (χ2n) is 10.2. The van der Waals surface area contributed by atoms with Gasteiger partial charge in [0.1, 0.15) is 11.6 Å². The maximum atomic E-state index is 13.4. The molecule has 1 N–H and O–H groups in total. The Balaban J connectivity index is 0.000000301. The molecule has 0 bridgehead atoms. The summed E-state index contributed by atoms with van der Waals surface area (Å²) in [5.74, 6) is -0.836. The van der Waals surface area contributed by atoms with Crippen LogP contribution in [0.2, 0.25) is 0 Å². The molecule has 0 saturated carbocycles. The number of carbonyl (C=O) groups is 1. The number of nitrogens with zero attached hydrogens (tertiary/aromatic N) is 4. The van der Waals surface area contributed by atoms with Gasteiger partial charge >= 0.3 is 0 Å². The summed E-state index contributed by atoms with van der Waals surface area (Å²) in [5.41, 5.74) is 2.52. The number of benzene rings is 1. The highest BCUT2D eigenvalue weighted by Gasteiger charge is 2.37. The first-order chi connectivity index (χ1) is 18.0. The van der Waals surface area contributed by atoms with E-state index < -0.39 is 11.6 Å². The predicted octanol–water partition coefficient (Wildman–Crippen LogP) is 4.27. The van der Waals surface area contributed by atoms with Crippen LogP contribution in [-0.4, -0.2) is 71.9 Å². The smallest absolute Gasteiger partial charge is 0.255 e. The third-order valence-electron chi connectivity index (χ3n) is 7.58. The Bertz CT molecular complexity index is 1160. The summed E-state index contributed by atoms with van der Waals surface area (Å²) in [6.07, 6.45) is 10.4. The van der Waals surface area contributed by atoms with Crippen molar-refractivity contribution in [3.05, 3.63) is 66.0 Å². The van der Waals surface area contributed by atoms with E-state index >= 15 is 0 Å². The van der Waals surface area contributed by atoms with Gasteiger partial charge in [0, 0.05) is 44.7 Å². The fraction of sp³-hybridized carbons (Fsp3) is 0.500. The maximum absolute atomic E-state index is 13.4. The fourth-order valence-electron chi connectivity index (χ4n) is 5.51. The standard InChI is InChI=1S/C22H31N5O2.C6H4F2/c28-21(24-22(6-13-29-14-7-22)17-25-8-1-2-9-25)19-16-23-27-12-5-18(15-20(19)27)26-10-3-4-11-26;7-5-1-2-6(8)4-3-5/h5,12,15-16H,1-4,6-11,13-14,17H2,(H,24,28);1-4H. The lowest BCUT2D eigenvalue weighted by molar-refractivity contribution is 0.0238. The van der Waals surface area contributed by atoms with Gasteiger partial charge in [-0.25, -0.2) is 13.3 Å². The number of halogens is 2. The van der Waals surface area contributed by atoms with Crippen molar-refractivity contribution < 1.29 is 18.3 Å². The Morgan fingerprint density at radius 1 is 0.946 bits per heavy atom. The molecule has 37 heavy (non-hydrogen) atoms. The number of amides is 1. The first kappa shape index (κ1) is 25.6. The van der Waals surface area contributed by atoms with Crippen molar-refractivity contribution >= 4 is 17.1 Å². The van der Waals surface area contributed by atoms with Gasteiger partial charge in [-0.2, -0.15) is 5.10 Å². The van der Waals surface area contributed by atoms with Crippen LogP contribution in [0.4, 0.5) is 14.5 Å². The van der Waals surface area contributed by atoms with Crippen LogP contribution < -0.4 is 10.2 Å². The largest absolute Gasteiger partial charge is 0.381 e. The summed E-state index contributed by atoms with van der Waals surface area (Å²) in [6.45, 7) is 6.78. The molecule has 0 atom stereocenters. The van der Waals surface area contributed by atoms with E-state index in [9.17, 15) is 13.6 Å². The van der Waals surface area contributed by atoms with Crippen molar-refractivity contribution in [2.75, 3.05) is 50.8 Å². The zero-order valence-corrected chi connectivity index (χ0v) is 21.2. The van der Waals surface area contributed by atoms with Gasteiger partial charge in [-0.3, -0.25) is 4.79 Å². The number of anilines is 1. The minimum Gasteiger partial charge on any atom is -0.381 e. The Kier molecular flexibility index (Phi) is 8.00. The monoisotopic (exact) mass is 511 g/mol. The van der Waals surface area contributed by atoms with Crippen molar-refractivity contribution in [2.24, 2.45) is 0 Å². The van der Waals surface area contributed by atoms with E-state index in [-0.39, 0.29) is 11.4 Å². The highest BCUT2D eigenvalue weighted by Crippen LogP contribution is 2.27. The number of carbonyl (C=O) groups excluding carboxylic acids is 1. The molecule has 0 radical (unpaired) electrons. The molecule has 0 unspecified atom stereocenters. The lowest BCUT2D eigenvalue weighted by Gasteiger charge is -2.40. The summed E-state index contributed by atoms with van der Waals surface area (Å²) in [6, 6.07) is 8.53. The molecule has 198 valence electrons. The molecule has 3 aliphatic rings. The Morgan fingerprint density at radius 3 is 2.22 bits per heavy atom. The van der Waals surface area contributed by atoms with Gasteiger partial charge in [0.15, 0.2) is 0 Å². The van der Waals surface area contributed by atoms with Gasteiger partial charge in [0.2, 0.25) is 0 Å². The van der Waals surface area contributed by atoms with E-state index in [4.69, 9.17) is 4.74 Å².